The lowest BCUT2D eigenvalue weighted by Gasteiger charge is -2.10. The van der Waals surface area contributed by atoms with Crippen LogP contribution < -0.4 is 10.1 Å². The minimum atomic E-state index is 0.281. The monoisotopic (exact) mass is 278 g/mol. The summed E-state index contributed by atoms with van der Waals surface area (Å²) >= 11 is 6.03. The van der Waals surface area contributed by atoms with E-state index in [0.717, 1.165) is 12.1 Å². The molecule has 0 aliphatic rings. The molecule has 0 aromatic carbocycles. The average Bonchev–Trinajstić information content (AvgIpc) is 2.46. The smallest absolute Gasteiger partial charge is 0.318 e. The van der Waals surface area contributed by atoms with Gasteiger partial charge in [-0.05, 0) is 18.1 Å². The van der Waals surface area contributed by atoms with E-state index >= 15 is 0 Å². The summed E-state index contributed by atoms with van der Waals surface area (Å²) in [6.45, 7) is 2.66. The molecule has 0 atom stereocenters. The van der Waals surface area contributed by atoms with Crippen LogP contribution in [0.3, 0.4) is 0 Å². The van der Waals surface area contributed by atoms with Gasteiger partial charge in [-0.2, -0.15) is 4.98 Å². The molecule has 1 N–H and O–H groups in total. The first-order chi connectivity index (χ1) is 9.24. The summed E-state index contributed by atoms with van der Waals surface area (Å²) in [6, 6.07) is 4.28. The van der Waals surface area contributed by atoms with Crippen LogP contribution >= 0.6 is 11.6 Å². The molecule has 6 heteroatoms. The van der Waals surface area contributed by atoms with Crippen LogP contribution in [0, 0.1) is 0 Å². The van der Waals surface area contributed by atoms with Crippen LogP contribution in [0.5, 0.6) is 6.01 Å². The second-order valence-corrected chi connectivity index (χ2v) is 4.28. The van der Waals surface area contributed by atoms with E-state index < -0.39 is 0 Å². The zero-order chi connectivity index (χ0) is 13.7. The SMILES string of the molecule is CCc1cccnc1CNc1nc(OC)ncc1Cl. The van der Waals surface area contributed by atoms with Gasteiger partial charge < -0.3 is 10.1 Å². The van der Waals surface area contributed by atoms with Crippen LogP contribution in [0.2, 0.25) is 5.02 Å². The lowest BCUT2D eigenvalue weighted by molar-refractivity contribution is 0.380. The number of hydrogen-bond acceptors (Lipinski definition) is 5. The molecule has 0 bridgehead atoms. The van der Waals surface area contributed by atoms with Gasteiger partial charge in [-0.1, -0.05) is 24.6 Å². The number of hydrogen-bond donors (Lipinski definition) is 1. The Morgan fingerprint density at radius 1 is 1.37 bits per heavy atom. The molecular weight excluding hydrogens is 264 g/mol. The Labute approximate surface area is 117 Å². The predicted molar refractivity (Wildman–Crippen MR) is 74.5 cm³/mol. The first-order valence-corrected chi connectivity index (χ1v) is 6.35. The van der Waals surface area contributed by atoms with Gasteiger partial charge in [0.2, 0.25) is 0 Å². The number of aryl methyl sites for hydroxylation is 1. The van der Waals surface area contributed by atoms with Gasteiger partial charge in [0.25, 0.3) is 0 Å². The molecule has 0 amide bonds. The van der Waals surface area contributed by atoms with Crippen LogP contribution in [0.4, 0.5) is 5.82 Å². The molecule has 0 aliphatic heterocycles. The van der Waals surface area contributed by atoms with E-state index in [9.17, 15) is 0 Å². The molecule has 19 heavy (non-hydrogen) atoms. The van der Waals surface area contributed by atoms with Crippen molar-refractivity contribution < 1.29 is 4.74 Å². The van der Waals surface area contributed by atoms with Crippen molar-refractivity contribution in [3.05, 3.63) is 40.8 Å². The van der Waals surface area contributed by atoms with Crippen molar-refractivity contribution in [2.45, 2.75) is 19.9 Å². The molecule has 0 fully saturated rings. The number of anilines is 1. The third-order valence-electron chi connectivity index (χ3n) is 2.69. The van der Waals surface area contributed by atoms with Crippen molar-refractivity contribution in [2.75, 3.05) is 12.4 Å². The largest absolute Gasteiger partial charge is 0.467 e. The molecule has 0 spiro atoms. The van der Waals surface area contributed by atoms with E-state index in [4.69, 9.17) is 16.3 Å². The van der Waals surface area contributed by atoms with Gasteiger partial charge in [0.05, 0.1) is 25.5 Å². The molecule has 0 unspecified atom stereocenters. The Morgan fingerprint density at radius 3 is 2.95 bits per heavy atom. The maximum Gasteiger partial charge on any atom is 0.318 e. The first-order valence-electron chi connectivity index (χ1n) is 5.97. The summed E-state index contributed by atoms with van der Waals surface area (Å²) in [4.78, 5) is 12.4. The number of methoxy groups -OCH3 is 1. The molecule has 2 aromatic heterocycles. The third kappa shape index (κ3) is 3.32. The molecule has 5 nitrogen and oxygen atoms in total. The maximum atomic E-state index is 6.03. The molecule has 100 valence electrons. The van der Waals surface area contributed by atoms with Gasteiger partial charge in [0.15, 0.2) is 5.82 Å². The Kier molecular flexibility index (Phi) is 4.52. The Morgan fingerprint density at radius 2 is 2.21 bits per heavy atom. The number of pyridine rings is 1. The molecule has 0 radical (unpaired) electrons. The van der Waals surface area contributed by atoms with Crippen LogP contribution in [0.15, 0.2) is 24.5 Å². The van der Waals surface area contributed by atoms with Crippen molar-refractivity contribution >= 4 is 17.4 Å². The van der Waals surface area contributed by atoms with Crippen LogP contribution in [0.1, 0.15) is 18.2 Å². The average molecular weight is 279 g/mol. The fourth-order valence-electron chi connectivity index (χ4n) is 1.69. The predicted octanol–water partition coefficient (Wildman–Crippen LogP) is 2.71. The van der Waals surface area contributed by atoms with E-state index in [1.54, 1.807) is 6.20 Å². The Bertz CT molecular complexity index is 562. The van der Waals surface area contributed by atoms with Gasteiger partial charge in [-0.15, -0.1) is 0 Å². The van der Waals surface area contributed by atoms with Crippen molar-refractivity contribution in [3.63, 3.8) is 0 Å². The zero-order valence-electron chi connectivity index (χ0n) is 10.9. The topological polar surface area (TPSA) is 59.9 Å². The fraction of sp³-hybridized carbons (Fsp3) is 0.308. The van der Waals surface area contributed by atoms with Gasteiger partial charge in [-0.3, -0.25) is 4.98 Å². The molecule has 0 saturated carbocycles. The molecule has 2 aromatic rings. The summed E-state index contributed by atoms with van der Waals surface area (Å²) in [5, 5.41) is 3.61. The lowest BCUT2D eigenvalue weighted by Crippen LogP contribution is -2.07. The number of nitrogens with zero attached hydrogens (tertiary/aromatic N) is 3. The Hall–Kier alpha value is -1.88. The lowest BCUT2D eigenvalue weighted by atomic mass is 10.1. The van der Waals surface area contributed by atoms with Crippen molar-refractivity contribution in [1.29, 1.82) is 0 Å². The van der Waals surface area contributed by atoms with E-state index in [-0.39, 0.29) is 6.01 Å². The second kappa shape index (κ2) is 6.33. The van der Waals surface area contributed by atoms with Gasteiger partial charge >= 0.3 is 6.01 Å². The normalized spacial score (nSPS) is 10.3. The van der Waals surface area contributed by atoms with E-state index in [1.165, 1.54) is 18.9 Å². The number of aromatic nitrogens is 3. The summed E-state index contributed by atoms with van der Waals surface area (Å²) in [6.07, 6.45) is 4.22. The highest BCUT2D eigenvalue weighted by Gasteiger charge is 2.07. The summed E-state index contributed by atoms with van der Waals surface area (Å²) in [5.74, 6) is 0.543. The van der Waals surface area contributed by atoms with Crippen molar-refractivity contribution in [3.8, 4) is 6.01 Å². The molecule has 2 rings (SSSR count). The standard InChI is InChI=1S/C13H15ClN4O/c1-3-9-5-4-6-15-11(9)8-16-12-10(14)7-17-13(18-12)19-2/h4-7H,3,8H2,1-2H3,(H,16,17,18). The Balaban J connectivity index is 2.14. The van der Waals surface area contributed by atoms with E-state index in [2.05, 4.69) is 33.3 Å². The number of halogens is 1. The van der Waals surface area contributed by atoms with Crippen LogP contribution in [-0.4, -0.2) is 22.1 Å². The van der Waals surface area contributed by atoms with Crippen LogP contribution in [0.25, 0.3) is 0 Å². The highest BCUT2D eigenvalue weighted by atomic mass is 35.5. The third-order valence-corrected chi connectivity index (χ3v) is 2.97. The van der Waals surface area contributed by atoms with Gasteiger partial charge in [0, 0.05) is 6.20 Å². The minimum Gasteiger partial charge on any atom is -0.467 e. The van der Waals surface area contributed by atoms with Gasteiger partial charge in [-0.25, -0.2) is 4.98 Å². The summed E-state index contributed by atoms with van der Waals surface area (Å²) in [7, 11) is 1.51. The van der Waals surface area contributed by atoms with Crippen molar-refractivity contribution in [1.82, 2.24) is 15.0 Å². The number of rotatable bonds is 5. The number of ether oxygens (including phenoxy) is 1. The molecule has 2 heterocycles. The van der Waals surface area contributed by atoms with E-state index in [0.29, 0.717) is 17.4 Å². The zero-order valence-corrected chi connectivity index (χ0v) is 11.6. The van der Waals surface area contributed by atoms with Crippen LogP contribution in [-0.2, 0) is 13.0 Å². The highest BCUT2D eigenvalue weighted by molar-refractivity contribution is 6.32. The summed E-state index contributed by atoms with van der Waals surface area (Å²) in [5.41, 5.74) is 2.19. The first kappa shape index (κ1) is 13.5. The molecule has 0 saturated heterocycles. The van der Waals surface area contributed by atoms with Crippen molar-refractivity contribution in [2.24, 2.45) is 0 Å². The second-order valence-electron chi connectivity index (χ2n) is 3.87. The maximum absolute atomic E-state index is 6.03. The van der Waals surface area contributed by atoms with E-state index in [1.807, 2.05) is 6.07 Å². The highest BCUT2D eigenvalue weighted by Crippen LogP contribution is 2.21. The fourth-order valence-corrected chi connectivity index (χ4v) is 1.85. The number of nitrogens with one attached hydrogen (secondary N) is 1. The minimum absolute atomic E-state index is 0.281. The molecular formula is C13H15ClN4O. The molecule has 0 aliphatic carbocycles. The van der Waals surface area contributed by atoms with Gasteiger partial charge in [0.1, 0.15) is 5.02 Å². The quantitative estimate of drug-likeness (QED) is 0.911. The summed E-state index contributed by atoms with van der Waals surface area (Å²) < 4.78 is 4.97.